The number of nitrogens with two attached hydrogens (primary N) is 1. The first-order valence-electron chi connectivity index (χ1n) is 6.01. The second-order valence-corrected chi connectivity index (χ2v) is 4.67. The van der Waals surface area contributed by atoms with E-state index >= 15 is 0 Å². The highest BCUT2D eigenvalue weighted by atomic mass is 16.2. The Bertz CT molecular complexity index is 446. The number of aromatic nitrogens is 1. The topological polar surface area (TPSA) is 51.3 Å². The van der Waals surface area contributed by atoms with Crippen molar-refractivity contribution >= 4 is 11.6 Å². The minimum atomic E-state index is 0.0692. The summed E-state index contributed by atoms with van der Waals surface area (Å²) in [6.45, 7) is 5.58. The second kappa shape index (κ2) is 4.65. The van der Waals surface area contributed by atoms with E-state index in [1.165, 1.54) is 0 Å². The van der Waals surface area contributed by atoms with E-state index in [2.05, 4.69) is 6.08 Å². The van der Waals surface area contributed by atoms with Crippen LogP contribution >= 0.6 is 0 Å². The second-order valence-electron chi connectivity index (χ2n) is 4.67. The highest BCUT2D eigenvalue weighted by Gasteiger charge is 2.20. The molecular formula is C13H19N3O. The summed E-state index contributed by atoms with van der Waals surface area (Å²) in [6, 6.07) is 2.01. The molecule has 0 aromatic carbocycles. The van der Waals surface area contributed by atoms with Crippen molar-refractivity contribution in [3.05, 3.63) is 30.1 Å². The number of rotatable bonds is 2. The molecule has 0 radical (unpaired) electrons. The lowest BCUT2D eigenvalue weighted by Crippen LogP contribution is -2.35. The minimum Gasteiger partial charge on any atom is -0.397 e. The molecule has 1 aromatic rings. The highest BCUT2D eigenvalue weighted by molar-refractivity contribution is 5.94. The SMILES string of the molecule is CC(C)n1cc(N)cc1C(=O)N1CC=CCC1. The van der Waals surface area contributed by atoms with Gasteiger partial charge in [-0.25, -0.2) is 0 Å². The van der Waals surface area contributed by atoms with Gasteiger partial charge in [-0.05, 0) is 26.3 Å². The zero-order valence-electron chi connectivity index (χ0n) is 10.4. The van der Waals surface area contributed by atoms with Crippen LogP contribution in [0.3, 0.4) is 0 Å². The van der Waals surface area contributed by atoms with Crippen LogP contribution in [0.25, 0.3) is 0 Å². The molecule has 1 amide bonds. The summed E-state index contributed by atoms with van der Waals surface area (Å²) in [7, 11) is 0. The zero-order valence-corrected chi connectivity index (χ0v) is 10.4. The summed E-state index contributed by atoms with van der Waals surface area (Å²) in [6.07, 6.45) is 6.91. The van der Waals surface area contributed by atoms with Gasteiger partial charge in [-0.2, -0.15) is 0 Å². The van der Waals surface area contributed by atoms with Gasteiger partial charge in [-0.3, -0.25) is 4.79 Å². The Kier molecular flexibility index (Phi) is 3.22. The number of carbonyl (C=O) groups excluding carboxylic acids is 1. The normalized spacial score (nSPS) is 15.6. The van der Waals surface area contributed by atoms with Crippen LogP contribution in [-0.2, 0) is 0 Å². The molecule has 2 heterocycles. The molecule has 17 heavy (non-hydrogen) atoms. The third-order valence-corrected chi connectivity index (χ3v) is 2.99. The maximum atomic E-state index is 12.4. The first-order valence-corrected chi connectivity index (χ1v) is 6.01. The van der Waals surface area contributed by atoms with Crippen molar-refractivity contribution in [2.75, 3.05) is 18.8 Å². The lowest BCUT2D eigenvalue weighted by molar-refractivity contribution is 0.0758. The maximum Gasteiger partial charge on any atom is 0.270 e. The van der Waals surface area contributed by atoms with E-state index < -0.39 is 0 Å². The van der Waals surface area contributed by atoms with Crippen LogP contribution in [0, 0.1) is 0 Å². The third kappa shape index (κ3) is 2.35. The molecule has 0 bridgehead atoms. The molecule has 0 atom stereocenters. The molecule has 4 nitrogen and oxygen atoms in total. The van der Waals surface area contributed by atoms with Crippen LogP contribution in [0.2, 0.25) is 0 Å². The fourth-order valence-corrected chi connectivity index (χ4v) is 2.09. The van der Waals surface area contributed by atoms with Crippen molar-refractivity contribution in [1.29, 1.82) is 0 Å². The quantitative estimate of drug-likeness (QED) is 0.795. The average molecular weight is 233 g/mol. The largest absolute Gasteiger partial charge is 0.397 e. The van der Waals surface area contributed by atoms with Crippen molar-refractivity contribution in [2.45, 2.75) is 26.3 Å². The molecule has 0 saturated heterocycles. The van der Waals surface area contributed by atoms with Crippen molar-refractivity contribution in [1.82, 2.24) is 9.47 Å². The van der Waals surface area contributed by atoms with E-state index in [1.807, 2.05) is 35.6 Å². The summed E-state index contributed by atoms with van der Waals surface area (Å²) in [5.41, 5.74) is 7.11. The molecule has 2 rings (SSSR count). The average Bonchev–Trinajstić information content (AvgIpc) is 2.72. The van der Waals surface area contributed by atoms with Gasteiger partial charge in [0.1, 0.15) is 5.69 Å². The van der Waals surface area contributed by atoms with Gasteiger partial charge in [-0.1, -0.05) is 12.2 Å². The lowest BCUT2D eigenvalue weighted by Gasteiger charge is -2.24. The molecule has 1 aromatic heterocycles. The molecule has 0 unspecified atom stereocenters. The Morgan fingerprint density at radius 3 is 2.76 bits per heavy atom. The number of amides is 1. The van der Waals surface area contributed by atoms with E-state index in [-0.39, 0.29) is 11.9 Å². The van der Waals surface area contributed by atoms with Gasteiger partial charge in [0.15, 0.2) is 0 Å². The molecule has 1 aliphatic rings. The smallest absolute Gasteiger partial charge is 0.270 e. The molecule has 1 aliphatic heterocycles. The molecule has 92 valence electrons. The standard InChI is InChI=1S/C13H19N3O/c1-10(2)16-9-11(14)8-12(16)13(17)15-6-4-3-5-7-15/h3-4,8-10H,5-7,14H2,1-2H3. The van der Waals surface area contributed by atoms with Gasteiger partial charge in [-0.15, -0.1) is 0 Å². The van der Waals surface area contributed by atoms with Crippen LogP contribution in [-0.4, -0.2) is 28.5 Å². The predicted molar refractivity (Wildman–Crippen MR) is 68.9 cm³/mol. The Morgan fingerprint density at radius 1 is 1.41 bits per heavy atom. The number of nitrogens with zero attached hydrogens (tertiary/aromatic N) is 2. The molecule has 0 spiro atoms. The number of hydrogen-bond donors (Lipinski definition) is 1. The lowest BCUT2D eigenvalue weighted by atomic mass is 10.2. The Labute approximate surface area is 102 Å². The fraction of sp³-hybridized carbons (Fsp3) is 0.462. The van der Waals surface area contributed by atoms with Gasteiger partial charge >= 0.3 is 0 Å². The number of nitrogen functional groups attached to an aromatic ring is 1. The van der Waals surface area contributed by atoms with Gasteiger partial charge < -0.3 is 15.2 Å². The third-order valence-electron chi connectivity index (χ3n) is 2.99. The summed E-state index contributed by atoms with van der Waals surface area (Å²) in [5, 5.41) is 0. The van der Waals surface area contributed by atoms with Gasteiger partial charge in [0, 0.05) is 25.3 Å². The van der Waals surface area contributed by atoms with E-state index in [0.29, 0.717) is 17.9 Å². The van der Waals surface area contributed by atoms with E-state index in [9.17, 15) is 4.79 Å². The molecule has 2 N–H and O–H groups in total. The molecule has 0 fully saturated rings. The Morgan fingerprint density at radius 2 is 2.18 bits per heavy atom. The van der Waals surface area contributed by atoms with E-state index in [1.54, 1.807) is 6.07 Å². The first-order chi connectivity index (χ1) is 8.09. The molecular weight excluding hydrogens is 214 g/mol. The monoisotopic (exact) mass is 233 g/mol. The van der Waals surface area contributed by atoms with E-state index in [4.69, 9.17) is 5.73 Å². The predicted octanol–water partition coefficient (Wildman–Crippen LogP) is 2.05. The van der Waals surface area contributed by atoms with Gasteiger partial charge in [0.2, 0.25) is 0 Å². The van der Waals surface area contributed by atoms with Crippen molar-refractivity contribution in [2.24, 2.45) is 0 Å². The van der Waals surface area contributed by atoms with Crippen molar-refractivity contribution in [3.63, 3.8) is 0 Å². The van der Waals surface area contributed by atoms with Crippen LogP contribution in [0.15, 0.2) is 24.4 Å². The summed E-state index contributed by atoms with van der Waals surface area (Å²) in [5.74, 6) is 0.0692. The van der Waals surface area contributed by atoms with Gasteiger partial charge in [0.25, 0.3) is 5.91 Å². The maximum absolute atomic E-state index is 12.4. The van der Waals surface area contributed by atoms with Crippen LogP contribution < -0.4 is 5.73 Å². The molecule has 4 heteroatoms. The summed E-state index contributed by atoms with van der Waals surface area (Å²) >= 11 is 0. The van der Waals surface area contributed by atoms with Crippen molar-refractivity contribution < 1.29 is 4.79 Å². The number of anilines is 1. The van der Waals surface area contributed by atoms with Crippen molar-refractivity contribution in [3.8, 4) is 0 Å². The van der Waals surface area contributed by atoms with Crippen LogP contribution in [0.1, 0.15) is 36.8 Å². The van der Waals surface area contributed by atoms with Crippen LogP contribution in [0.4, 0.5) is 5.69 Å². The minimum absolute atomic E-state index is 0.0692. The summed E-state index contributed by atoms with van der Waals surface area (Å²) < 4.78 is 1.94. The Balaban J connectivity index is 2.26. The summed E-state index contributed by atoms with van der Waals surface area (Å²) in [4.78, 5) is 14.2. The highest BCUT2D eigenvalue weighted by Crippen LogP contribution is 2.19. The molecule has 0 aliphatic carbocycles. The van der Waals surface area contributed by atoms with E-state index in [0.717, 1.165) is 13.0 Å². The number of hydrogen-bond acceptors (Lipinski definition) is 2. The molecule has 0 saturated carbocycles. The first kappa shape index (κ1) is 11.8. The Hall–Kier alpha value is -1.71. The van der Waals surface area contributed by atoms with Gasteiger partial charge in [0.05, 0.1) is 5.69 Å². The zero-order chi connectivity index (χ0) is 12.4. The number of carbonyl (C=O) groups is 1. The fourth-order valence-electron chi connectivity index (χ4n) is 2.09. The van der Waals surface area contributed by atoms with Crippen LogP contribution in [0.5, 0.6) is 0 Å².